The van der Waals surface area contributed by atoms with Crippen molar-refractivity contribution in [3.05, 3.63) is 76.5 Å². The molecule has 10 nitrogen and oxygen atoms in total. The number of likely N-dealkylation sites (tertiary alicyclic amines) is 1. The molecule has 3 heterocycles. The molecule has 0 aliphatic carbocycles. The van der Waals surface area contributed by atoms with Gasteiger partial charge in [0.1, 0.15) is 17.7 Å². The molecule has 3 aromatic rings. The SMILES string of the molecule is CO[C@H]1CC(N2C=C(CCC(=O)O)OC2)N(C(=O)Cc2cc(Cl)c(NC(=O)c3cn(C)c4ccccc34)cc2F)C1. The first kappa shape index (κ1) is 28.4. The molecule has 2 aliphatic heterocycles. The molecule has 0 saturated carbocycles. The summed E-state index contributed by atoms with van der Waals surface area (Å²) in [5, 5.41) is 12.5. The number of aryl methyl sites for hydroxylation is 1. The second-order valence-corrected chi connectivity index (χ2v) is 10.5. The molecule has 41 heavy (non-hydrogen) atoms. The maximum atomic E-state index is 15.2. The number of halogens is 2. The van der Waals surface area contributed by atoms with Crippen LogP contribution in [-0.2, 0) is 32.5 Å². The second kappa shape index (κ2) is 11.8. The average molecular weight is 585 g/mol. The first-order valence-corrected chi connectivity index (χ1v) is 13.5. The molecule has 2 aliphatic rings. The maximum absolute atomic E-state index is 15.2. The topological polar surface area (TPSA) is 113 Å². The minimum atomic E-state index is -0.926. The second-order valence-electron chi connectivity index (χ2n) is 10.1. The Morgan fingerprint density at radius 1 is 1.24 bits per heavy atom. The highest BCUT2D eigenvalue weighted by Gasteiger charge is 2.39. The molecule has 1 fully saturated rings. The van der Waals surface area contributed by atoms with Crippen molar-refractivity contribution in [3.63, 3.8) is 0 Å². The molecule has 2 atom stereocenters. The molecule has 1 unspecified atom stereocenters. The molecule has 1 saturated heterocycles. The molecule has 1 aromatic heterocycles. The summed E-state index contributed by atoms with van der Waals surface area (Å²) in [5.41, 5.74) is 1.51. The molecule has 2 N–H and O–H groups in total. The Morgan fingerprint density at radius 3 is 2.78 bits per heavy atom. The van der Waals surface area contributed by atoms with Crippen molar-refractivity contribution in [2.75, 3.05) is 25.7 Å². The highest BCUT2D eigenvalue weighted by atomic mass is 35.5. The number of nitrogens with zero attached hydrogens (tertiary/aromatic N) is 3. The lowest BCUT2D eigenvalue weighted by molar-refractivity contribution is -0.137. The first-order chi connectivity index (χ1) is 19.6. The lowest BCUT2D eigenvalue weighted by atomic mass is 10.1. The Labute approximate surface area is 240 Å². The van der Waals surface area contributed by atoms with E-state index in [4.69, 9.17) is 26.2 Å². The van der Waals surface area contributed by atoms with Crippen molar-refractivity contribution in [1.29, 1.82) is 0 Å². The number of rotatable bonds is 9. The molecular weight excluding hydrogens is 555 g/mol. The number of benzene rings is 2. The number of methoxy groups -OCH3 is 1. The Bertz CT molecular complexity index is 1540. The average Bonchev–Trinajstić information content (AvgIpc) is 3.67. The van der Waals surface area contributed by atoms with Gasteiger partial charge in [-0.3, -0.25) is 14.4 Å². The number of para-hydroxylation sites is 1. The lowest BCUT2D eigenvalue weighted by Gasteiger charge is -2.31. The third-order valence-electron chi connectivity index (χ3n) is 7.43. The van der Waals surface area contributed by atoms with Crippen molar-refractivity contribution >= 4 is 46.0 Å². The molecular formula is C29H30ClFN4O6. The minimum absolute atomic E-state index is 0.0634. The number of carbonyl (C=O) groups is 3. The molecule has 0 bridgehead atoms. The molecule has 216 valence electrons. The summed E-state index contributed by atoms with van der Waals surface area (Å²) in [6.07, 6.45) is 3.24. The van der Waals surface area contributed by atoms with Crippen LogP contribution in [0, 0.1) is 5.82 Å². The van der Waals surface area contributed by atoms with Gasteiger partial charge in [0.25, 0.3) is 5.91 Å². The number of amides is 2. The van der Waals surface area contributed by atoms with E-state index in [1.165, 1.54) is 6.07 Å². The molecule has 0 radical (unpaired) electrons. The van der Waals surface area contributed by atoms with E-state index in [1.807, 2.05) is 40.8 Å². The van der Waals surface area contributed by atoms with Crippen molar-refractivity contribution in [1.82, 2.24) is 14.4 Å². The predicted octanol–water partition coefficient (Wildman–Crippen LogP) is 4.33. The smallest absolute Gasteiger partial charge is 0.303 e. The number of ether oxygens (including phenoxy) is 2. The van der Waals surface area contributed by atoms with Crippen LogP contribution in [0.5, 0.6) is 0 Å². The van der Waals surface area contributed by atoms with E-state index in [1.54, 1.807) is 24.4 Å². The number of aromatic nitrogens is 1. The fourth-order valence-corrected chi connectivity index (χ4v) is 5.52. The summed E-state index contributed by atoms with van der Waals surface area (Å²) in [7, 11) is 3.40. The fourth-order valence-electron chi connectivity index (χ4n) is 5.28. The highest BCUT2D eigenvalue weighted by molar-refractivity contribution is 6.34. The predicted molar refractivity (Wildman–Crippen MR) is 150 cm³/mol. The number of fused-ring (bicyclic) bond motifs is 1. The Morgan fingerprint density at radius 2 is 2.02 bits per heavy atom. The quantitative estimate of drug-likeness (QED) is 0.385. The standard InChI is InChI=1S/C29H30ClFN4O6/c1-33-15-21(20-5-3-4-6-25(20)33)29(39)32-24-12-23(31)17(9-22(24)30)10-27(36)35-14-19(40-2)11-26(35)34-13-18(41-16-34)7-8-28(37)38/h3-6,9,12-13,15,19,26H,7-8,10-11,14,16H2,1-2H3,(H,32,39)(H,37,38)/t19-,26?/m0/s1. The van der Waals surface area contributed by atoms with Crippen LogP contribution in [0.25, 0.3) is 10.9 Å². The number of anilines is 1. The van der Waals surface area contributed by atoms with Gasteiger partial charge in [0.2, 0.25) is 5.91 Å². The van der Waals surface area contributed by atoms with Crippen LogP contribution in [0.2, 0.25) is 5.02 Å². The van der Waals surface area contributed by atoms with Crippen molar-refractivity contribution in [2.45, 2.75) is 38.0 Å². The molecule has 5 rings (SSSR count). The van der Waals surface area contributed by atoms with E-state index in [0.29, 0.717) is 24.3 Å². The van der Waals surface area contributed by atoms with Gasteiger partial charge in [0.15, 0.2) is 6.73 Å². The number of allylic oxidation sites excluding steroid dienone is 1. The normalized spacial score (nSPS) is 18.5. The monoisotopic (exact) mass is 584 g/mol. The van der Waals surface area contributed by atoms with Gasteiger partial charge < -0.3 is 34.3 Å². The molecule has 12 heteroatoms. The third kappa shape index (κ3) is 6.01. The molecule has 2 amide bonds. The van der Waals surface area contributed by atoms with E-state index in [9.17, 15) is 14.4 Å². The van der Waals surface area contributed by atoms with Crippen molar-refractivity contribution in [3.8, 4) is 0 Å². The number of carboxylic acid groups (broad SMARTS) is 1. The van der Waals surface area contributed by atoms with E-state index in [2.05, 4.69) is 5.32 Å². The molecule has 2 aromatic carbocycles. The zero-order valence-electron chi connectivity index (χ0n) is 22.6. The summed E-state index contributed by atoms with van der Waals surface area (Å²) in [4.78, 5) is 40.8. The van der Waals surface area contributed by atoms with Crippen LogP contribution in [0.15, 0.2) is 54.6 Å². The van der Waals surface area contributed by atoms with Gasteiger partial charge in [0, 0.05) is 56.8 Å². The van der Waals surface area contributed by atoms with E-state index >= 15 is 4.39 Å². The lowest BCUT2D eigenvalue weighted by Crippen LogP contribution is -2.45. The number of carboxylic acids is 1. The van der Waals surface area contributed by atoms with Gasteiger partial charge >= 0.3 is 5.97 Å². The van der Waals surface area contributed by atoms with Gasteiger partial charge in [-0.2, -0.15) is 0 Å². The van der Waals surface area contributed by atoms with E-state index in [0.717, 1.165) is 17.0 Å². The van der Waals surface area contributed by atoms with Crippen LogP contribution in [0.4, 0.5) is 10.1 Å². The van der Waals surface area contributed by atoms with E-state index < -0.39 is 23.9 Å². The third-order valence-corrected chi connectivity index (χ3v) is 7.74. The number of hydrogen-bond donors (Lipinski definition) is 2. The van der Waals surface area contributed by atoms with Crippen molar-refractivity contribution < 1.29 is 33.4 Å². The minimum Gasteiger partial charge on any atom is -0.481 e. The van der Waals surface area contributed by atoms with Crippen LogP contribution >= 0.6 is 11.6 Å². The van der Waals surface area contributed by atoms with E-state index in [-0.39, 0.29) is 54.3 Å². The van der Waals surface area contributed by atoms with Gasteiger partial charge in [0.05, 0.1) is 35.2 Å². The maximum Gasteiger partial charge on any atom is 0.303 e. The van der Waals surface area contributed by atoms with Gasteiger partial charge in [-0.05, 0) is 23.8 Å². The van der Waals surface area contributed by atoms with Gasteiger partial charge in [-0.15, -0.1) is 0 Å². The van der Waals surface area contributed by atoms with Crippen LogP contribution in [-0.4, -0.2) is 69.9 Å². The largest absolute Gasteiger partial charge is 0.481 e. The number of hydrogen-bond acceptors (Lipinski definition) is 6. The Balaban J connectivity index is 1.29. The van der Waals surface area contributed by atoms with Crippen LogP contribution < -0.4 is 5.32 Å². The Kier molecular flexibility index (Phi) is 8.18. The zero-order chi connectivity index (χ0) is 29.3. The summed E-state index contributed by atoms with van der Waals surface area (Å²) < 4.78 is 28.2. The molecule has 0 spiro atoms. The number of carbonyl (C=O) groups excluding carboxylic acids is 2. The number of nitrogens with one attached hydrogen (secondary N) is 1. The van der Waals surface area contributed by atoms with Gasteiger partial charge in [-0.1, -0.05) is 29.8 Å². The number of aliphatic carboxylic acids is 1. The summed E-state index contributed by atoms with van der Waals surface area (Å²) in [6, 6.07) is 9.93. The Hall–Kier alpha value is -4.09. The fraction of sp³-hybridized carbons (Fsp3) is 0.345. The summed E-state index contributed by atoms with van der Waals surface area (Å²) in [6.45, 7) is 0.481. The van der Waals surface area contributed by atoms with Crippen LogP contribution in [0.1, 0.15) is 35.2 Å². The zero-order valence-corrected chi connectivity index (χ0v) is 23.4. The summed E-state index contributed by atoms with van der Waals surface area (Å²) >= 11 is 6.44. The summed E-state index contributed by atoms with van der Waals surface area (Å²) in [5.74, 6) is -1.83. The highest BCUT2D eigenvalue weighted by Crippen LogP contribution is 2.31. The van der Waals surface area contributed by atoms with Gasteiger partial charge in [-0.25, -0.2) is 4.39 Å². The first-order valence-electron chi connectivity index (χ1n) is 13.1. The van der Waals surface area contributed by atoms with Crippen LogP contribution in [0.3, 0.4) is 0 Å². The van der Waals surface area contributed by atoms with Crippen molar-refractivity contribution in [2.24, 2.45) is 7.05 Å².